The summed E-state index contributed by atoms with van der Waals surface area (Å²) in [6.07, 6.45) is 3.70. The van der Waals surface area contributed by atoms with E-state index >= 15 is 0 Å². The number of ether oxygens (including phenoxy) is 2. The lowest BCUT2D eigenvalue weighted by molar-refractivity contribution is -0.292. The highest BCUT2D eigenvalue weighted by Gasteiger charge is 2.54. The Labute approximate surface area is 72.7 Å². The van der Waals surface area contributed by atoms with Crippen LogP contribution in [0.15, 0.2) is 0 Å². The van der Waals surface area contributed by atoms with Gasteiger partial charge in [-0.05, 0) is 19.8 Å². The highest BCUT2D eigenvalue weighted by Crippen LogP contribution is 2.42. The number of aliphatic hydroxyl groups is 1. The van der Waals surface area contributed by atoms with Gasteiger partial charge in [0, 0.05) is 12.8 Å². The lowest BCUT2D eigenvalue weighted by Gasteiger charge is -2.40. The molecule has 0 aromatic heterocycles. The smallest absolute Gasteiger partial charge is 0.197 e. The molecule has 12 heavy (non-hydrogen) atoms. The van der Waals surface area contributed by atoms with Crippen LogP contribution >= 0.6 is 0 Å². The normalized spacial score (nSPS) is 48.5. The van der Waals surface area contributed by atoms with Gasteiger partial charge in [-0.1, -0.05) is 0 Å². The van der Waals surface area contributed by atoms with Gasteiger partial charge in [0.2, 0.25) is 0 Å². The van der Waals surface area contributed by atoms with Crippen molar-refractivity contribution >= 4 is 0 Å². The van der Waals surface area contributed by atoms with Gasteiger partial charge < -0.3 is 14.6 Å². The van der Waals surface area contributed by atoms with E-state index in [0.717, 1.165) is 25.9 Å². The SMILES string of the molecule is CC1(O)CCO[C@@]12CCCCO2. The van der Waals surface area contributed by atoms with Crippen LogP contribution in [0, 0.1) is 0 Å². The van der Waals surface area contributed by atoms with Gasteiger partial charge in [-0.25, -0.2) is 0 Å². The van der Waals surface area contributed by atoms with E-state index < -0.39 is 11.4 Å². The van der Waals surface area contributed by atoms with Crippen LogP contribution in [0.4, 0.5) is 0 Å². The molecule has 2 atom stereocenters. The molecule has 2 rings (SSSR count). The molecule has 1 N–H and O–H groups in total. The molecular formula is C9H16O3. The first-order valence-electron chi connectivity index (χ1n) is 4.67. The monoisotopic (exact) mass is 172 g/mol. The molecule has 0 aromatic rings. The van der Waals surface area contributed by atoms with Crippen molar-refractivity contribution in [3.05, 3.63) is 0 Å². The molecule has 2 aliphatic rings. The molecule has 0 amide bonds. The van der Waals surface area contributed by atoms with Gasteiger partial charge in [-0.3, -0.25) is 0 Å². The van der Waals surface area contributed by atoms with Gasteiger partial charge in [0.25, 0.3) is 0 Å². The fourth-order valence-electron chi connectivity index (χ4n) is 2.07. The maximum absolute atomic E-state index is 10.0. The number of rotatable bonds is 0. The van der Waals surface area contributed by atoms with Crippen molar-refractivity contribution in [3.63, 3.8) is 0 Å². The van der Waals surface area contributed by atoms with Crippen molar-refractivity contribution in [1.29, 1.82) is 0 Å². The van der Waals surface area contributed by atoms with Crippen LogP contribution in [0.25, 0.3) is 0 Å². The van der Waals surface area contributed by atoms with Gasteiger partial charge in [0.15, 0.2) is 5.79 Å². The quantitative estimate of drug-likeness (QED) is 0.593. The Balaban J connectivity index is 2.17. The molecule has 3 nitrogen and oxygen atoms in total. The van der Waals surface area contributed by atoms with E-state index in [0.29, 0.717) is 13.0 Å². The molecule has 2 saturated heterocycles. The van der Waals surface area contributed by atoms with Crippen LogP contribution in [0.2, 0.25) is 0 Å². The average Bonchev–Trinajstić information content (AvgIpc) is 2.30. The first-order chi connectivity index (χ1) is 5.66. The van der Waals surface area contributed by atoms with Crippen LogP contribution in [0.3, 0.4) is 0 Å². The van der Waals surface area contributed by atoms with Gasteiger partial charge in [0.1, 0.15) is 5.60 Å². The highest BCUT2D eigenvalue weighted by atomic mass is 16.7. The Morgan fingerprint density at radius 3 is 2.33 bits per heavy atom. The first kappa shape index (κ1) is 8.48. The van der Waals surface area contributed by atoms with Gasteiger partial charge in [-0.2, -0.15) is 0 Å². The molecular weight excluding hydrogens is 156 g/mol. The average molecular weight is 172 g/mol. The third-order valence-electron chi connectivity index (χ3n) is 2.98. The topological polar surface area (TPSA) is 38.7 Å². The Hall–Kier alpha value is -0.120. The molecule has 2 fully saturated rings. The van der Waals surface area contributed by atoms with Crippen LogP contribution in [-0.2, 0) is 9.47 Å². The molecule has 1 spiro atoms. The standard InChI is InChI=1S/C9H16O3/c1-8(10)5-7-12-9(8)4-2-3-6-11-9/h10H,2-7H2,1H3/t8?,9-/m0/s1. The minimum absolute atomic E-state index is 0.618. The highest BCUT2D eigenvalue weighted by molar-refractivity contribution is 4.97. The van der Waals surface area contributed by atoms with Gasteiger partial charge in [0.05, 0.1) is 13.2 Å². The summed E-state index contributed by atoms with van der Waals surface area (Å²) in [5.74, 6) is -0.675. The van der Waals surface area contributed by atoms with E-state index in [4.69, 9.17) is 9.47 Å². The maximum Gasteiger partial charge on any atom is 0.197 e. The maximum atomic E-state index is 10.0. The molecule has 70 valence electrons. The molecule has 3 heteroatoms. The molecule has 0 radical (unpaired) electrons. The van der Waals surface area contributed by atoms with E-state index in [1.807, 2.05) is 6.92 Å². The Bertz CT molecular complexity index is 171. The summed E-state index contributed by atoms with van der Waals surface area (Å²) in [7, 11) is 0. The molecule has 1 unspecified atom stereocenters. The predicted octanol–water partition coefficient (Wildman–Crippen LogP) is 1.05. The van der Waals surface area contributed by atoms with E-state index in [1.165, 1.54) is 0 Å². The van der Waals surface area contributed by atoms with Gasteiger partial charge in [-0.15, -0.1) is 0 Å². The second-order valence-electron chi connectivity index (χ2n) is 3.93. The third kappa shape index (κ3) is 1.08. The van der Waals surface area contributed by atoms with Crippen LogP contribution in [-0.4, -0.2) is 29.7 Å². The zero-order valence-corrected chi connectivity index (χ0v) is 7.51. The fourth-order valence-corrected chi connectivity index (χ4v) is 2.07. The van der Waals surface area contributed by atoms with Crippen molar-refractivity contribution in [3.8, 4) is 0 Å². The predicted molar refractivity (Wildman–Crippen MR) is 43.7 cm³/mol. The van der Waals surface area contributed by atoms with Crippen molar-refractivity contribution in [2.45, 2.75) is 44.0 Å². The largest absolute Gasteiger partial charge is 0.384 e. The van der Waals surface area contributed by atoms with E-state index in [9.17, 15) is 5.11 Å². The summed E-state index contributed by atoms with van der Waals surface area (Å²) in [4.78, 5) is 0. The van der Waals surface area contributed by atoms with Gasteiger partial charge >= 0.3 is 0 Å². The Morgan fingerprint density at radius 1 is 1.08 bits per heavy atom. The lowest BCUT2D eigenvalue weighted by atomic mass is 9.89. The molecule has 2 heterocycles. The summed E-state index contributed by atoms with van der Waals surface area (Å²) in [5, 5.41) is 10.0. The van der Waals surface area contributed by atoms with Crippen molar-refractivity contribution < 1.29 is 14.6 Å². The second kappa shape index (κ2) is 2.69. The summed E-state index contributed by atoms with van der Waals surface area (Å²) in [6.45, 7) is 3.15. The van der Waals surface area contributed by atoms with E-state index in [2.05, 4.69) is 0 Å². The molecule has 2 aliphatic heterocycles. The lowest BCUT2D eigenvalue weighted by Crippen LogP contribution is -2.52. The van der Waals surface area contributed by atoms with Crippen LogP contribution in [0.5, 0.6) is 0 Å². The van der Waals surface area contributed by atoms with Crippen LogP contribution in [0.1, 0.15) is 32.6 Å². The number of hydrogen-bond acceptors (Lipinski definition) is 3. The summed E-state index contributed by atoms with van der Waals surface area (Å²) < 4.78 is 11.1. The first-order valence-corrected chi connectivity index (χ1v) is 4.67. The molecule has 0 aromatic carbocycles. The minimum Gasteiger partial charge on any atom is -0.384 e. The Morgan fingerprint density at radius 2 is 1.83 bits per heavy atom. The number of hydrogen-bond donors (Lipinski definition) is 1. The summed E-state index contributed by atoms with van der Waals surface area (Å²) in [6, 6.07) is 0. The van der Waals surface area contributed by atoms with E-state index in [1.54, 1.807) is 0 Å². The van der Waals surface area contributed by atoms with Crippen LogP contribution < -0.4 is 0 Å². The Kier molecular flexibility index (Phi) is 1.90. The van der Waals surface area contributed by atoms with Crippen molar-refractivity contribution in [2.75, 3.05) is 13.2 Å². The van der Waals surface area contributed by atoms with E-state index in [-0.39, 0.29) is 0 Å². The minimum atomic E-state index is -0.784. The fraction of sp³-hybridized carbons (Fsp3) is 1.00. The zero-order valence-electron chi connectivity index (χ0n) is 7.51. The zero-order chi connectivity index (χ0) is 8.66. The molecule has 0 aliphatic carbocycles. The second-order valence-corrected chi connectivity index (χ2v) is 3.93. The van der Waals surface area contributed by atoms with Crippen molar-refractivity contribution in [1.82, 2.24) is 0 Å². The van der Waals surface area contributed by atoms with Crippen molar-refractivity contribution in [2.24, 2.45) is 0 Å². The summed E-state index contributed by atoms with van der Waals surface area (Å²) >= 11 is 0. The molecule has 0 saturated carbocycles. The summed E-state index contributed by atoms with van der Waals surface area (Å²) in [5.41, 5.74) is -0.784. The third-order valence-corrected chi connectivity index (χ3v) is 2.98. The molecule has 0 bridgehead atoms.